The molecule has 1 saturated heterocycles. The molecule has 0 saturated carbocycles. The van der Waals surface area contributed by atoms with E-state index in [9.17, 15) is 0 Å². The van der Waals surface area contributed by atoms with E-state index in [2.05, 4.69) is 38.8 Å². The first-order valence-corrected chi connectivity index (χ1v) is 12.0. The highest BCUT2D eigenvalue weighted by atomic mass is 35.5. The molecule has 3 heterocycles. The molecule has 0 bridgehead atoms. The lowest BCUT2D eigenvalue weighted by molar-refractivity contribution is 0.200. The summed E-state index contributed by atoms with van der Waals surface area (Å²) in [5, 5.41) is 11.7. The molecule has 2 aromatic heterocycles. The van der Waals surface area contributed by atoms with Crippen LogP contribution in [0.3, 0.4) is 0 Å². The van der Waals surface area contributed by atoms with Crippen molar-refractivity contribution in [1.82, 2.24) is 14.5 Å². The molecule has 0 atom stereocenters. The monoisotopic (exact) mass is 474 g/mol. The van der Waals surface area contributed by atoms with Crippen molar-refractivity contribution in [3.8, 4) is 28.3 Å². The highest BCUT2D eigenvalue weighted by Gasteiger charge is 2.19. The summed E-state index contributed by atoms with van der Waals surface area (Å²) in [5.74, 6) is 0.208. The summed E-state index contributed by atoms with van der Waals surface area (Å²) in [6, 6.07) is 18.5. The van der Waals surface area contributed by atoms with Crippen LogP contribution in [0.4, 0.5) is 0 Å². The average molecular weight is 475 g/mol. The molecular weight excluding hydrogens is 451 g/mol. The zero-order valence-electron chi connectivity index (χ0n) is 18.2. The molecule has 1 aliphatic heterocycles. The first kappa shape index (κ1) is 22.0. The first-order chi connectivity index (χ1) is 16.1. The summed E-state index contributed by atoms with van der Waals surface area (Å²) < 4.78 is 2.29. The second-order valence-corrected chi connectivity index (χ2v) is 9.43. The molecule has 6 heteroatoms. The summed E-state index contributed by atoms with van der Waals surface area (Å²) in [6.07, 6.45) is 7.89. The van der Waals surface area contributed by atoms with Gasteiger partial charge in [-0.3, -0.25) is 4.98 Å². The third-order valence-corrected chi connectivity index (χ3v) is 7.08. The van der Waals surface area contributed by atoms with Gasteiger partial charge in [-0.2, -0.15) is 5.26 Å². The van der Waals surface area contributed by atoms with E-state index in [-0.39, 0.29) is 5.92 Å². The van der Waals surface area contributed by atoms with Crippen molar-refractivity contribution in [1.29, 1.82) is 5.26 Å². The number of nitriles is 1. The Balaban J connectivity index is 1.46. The molecule has 0 unspecified atom stereocenters. The van der Waals surface area contributed by atoms with E-state index in [0.29, 0.717) is 0 Å². The molecule has 5 rings (SSSR count). The van der Waals surface area contributed by atoms with Gasteiger partial charge in [0.05, 0.1) is 16.6 Å². The minimum absolute atomic E-state index is 0.208. The zero-order valence-corrected chi connectivity index (χ0v) is 19.7. The Hall–Kier alpha value is -2.84. The number of pyridine rings is 1. The van der Waals surface area contributed by atoms with Crippen LogP contribution < -0.4 is 0 Å². The van der Waals surface area contributed by atoms with Crippen LogP contribution in [0.5, 0.6) is 0 Å². The molecule has 0 spiro atoms. The van der Waals surface area contributed by atoms with Gasteiger partial charge in [-0.1, -0.05) is 41.4 Å². The van der Waals surface area contributed by atoms with E-state index in [1.54, 1.807) is 0 Å². The summed E-state index contributed by atoms with van der Waals surface area (Å²) in [5.41, 5.74) is 5.36. The predicted octanol–water partition coefficient (Wildman–Crippen LogP) is 6.91. The third-order valence-electron chi connectivity index (χ3n) is 6.51. The van der Waals surface area contributed by atoms with Crippen molar-refractivity contribution in [2.24, 2.45) is 5.92 Å². The Morgan fingerprint density at radius 2 is 1.70 bits per heavy atom. The lowest BCUT2D eigenvalue weighted by atomic mass is 9.99. The van der Waals surface area contributed by atoms with Gasteiger partial charge in [0, 0.05) is 64.7 Å². The Morgan fingerprint density at radius 3 is 2.45 bits per heavy atom. The molecule has 0 aliphatic carbocycles. The number of rotatable bonds is 5. The molecular formula is C27H24Cl2N4. The maximum Gasteiger partial charge on any atom is 0.0656 e. The number of halogens is 2. The van der Waals surface area contributed by atoms with Crippen LogP contribution in [0, 0.1) is 17.2 Å². The minimum Gasteiger partial charge on any atom is -0.346 e. The maximum atomic E-state index is 9.15. The molecule has 0 amide bonds. The van der Waals surface area contributed by atoms with Gasteiger partial charge in [0.2, 0.25) is 0 Å². The summed E-state index contributed by atoms with van der Waals surface area (Å²) >= 11 is 12.8. The fourth-order valence-electron chi connectivity index (χ4n) is 4.63. The van der Waals surface area contributed by atoms with Crippen LogP contribution in [0.25, 0.3) is 33.2 Å². The molecule has 1 aliphatic rings. The van der Waals surface area contributed by atoms with Gasteiger partial charge in [-0.15, -0.1) is 0 Å². The Morgan fingerprint density at radius 1 is 0.939 bits per heavy atom. The molecule has 4 aromatic rings. The fraction of sp³-hybridized carbons (Fsp3) is 0.259. The topological polar surface area (TPSA) is 44.9 Å². The number of hydrogen-bond acceptors (Lipinski definition) is 3. The smallest absolute Gasteiger partial charge is 0.0656 e. The van der Waals surface area contributed by atoms with Gasteiger partial charge in [0.1, 0.15) is 0 Å². The van der Waals surface area contributed by atoms with Crippen LogP contribution in [-0.2, 0) is 6.54 Å². The summed E-state index contributed by atoms with van der Waals surface area (Å²) in [4.78, 5) is 6.97. The number of fused-ring (bicyclic) bond motifs is 1. The van der Waals surface area contributed by atoms with Crippen LogP contribution >= 0.6 is 23.2 Å². The zero-order chi connectivity index (χ0) is 22.8. The second-order valence-electron chi connectivity index (χ2n) is 8.58. The Kier molecular flexibility index (Phi) is 6.37. The number of hydrogen-bond donors (Lipinski definition) is 0. The number of aromatic nitrogens is 2. The van der Waals surface area contributed by atoms with Crippen LogP contribution in [0.2, 0.25) is 10.0 Å². The van der Waals surface area contributed by atoms with Gasteiger partial charge in [-0.05, 0) is 61.8 Å². The fourth-order valence-corrected chi connectivity index (χ4v) is 5.03. The lowest BCUT2D eigenvalue weighted by Crippen LogP contribution is -2.35. The van der Waals surface area contributed by atoms with E-state index >= 15 is 0 Å². The van der Waals surface area contributed by atoms with Gasteiger partial charge in [0.25, 0.3) is 0 Å². The quantitative estimate of drug-likeness (QED) is 0.315. The summed E-state index contributed by atoms with van der Waals surface area (Å²) in [6.45, 7) is 3.80. The van der Waals surface area contributed by atoms with Gasteiger partial charge >= 0.3 is 0 Å². The molecule has 1 fully saturated rings. The average Bonchev–Trinajstić information content (AvgIpc) is 3.24. The Labute approximate surface area is 204 Å². The largest absolute Gasteiger partial charge is 0.346 e. The van der Waals surface area contributed by atoms with E-state index < -0.39 is 0 Å². The first-order valence-electron chi connectivity index (χ1n) is 11.2. The van der Waals surface area contributed by atoms with E-state index in [0.717, 1.165) is 82.2 Å². The number of nitrogens with zero attached hydrogens (tertiary/aromatic N) is 4. The number of benzene rings is 2. The lowest BCUT2D eigenvalue weighted by Gasteiger charge is -2.29. The van der Waals surface area contributed by atoms with E-state index in [1.165, 1.54) is 0 Å². The van der Waals surface area contributed by atoms with Crippen LogP contribution in [-0.4, -0.2) is 34.1 Å². The highest BCUT2D eigenvalue weighted by Crippen LogP contribution is 2.36. The van der Waals surface area contributed by atoms with Crippen molar-refractivity contribution in [2.45, 2.75) is 19.4 Å². The number of likely N-dealkylation sites (tertiary alicyclic amines) is 1. The SMILES string of the molecule is N#CC1CCN(CCn2cc(-c3cncc(-c4ccc(Cl)cc4)c3)c3c(Cl)cccc32)CC1. The molecule has 166 valence electrons. The van der Waals surface area contributed by atoms with Gasteiger partial charge in [-0.25, -0.2) is 0 Å². The van der Waals surface area contributed by atoms with Crippen molar-refractivity contribution >= 4 is 34.1 Å². The molecule has 0 radical (unpaired) electrons. The molecule has 33 heavy (non-hydrogen) atoms. The standard InChI is InChI=1S/C27H24Cl2N4/c28-23-6-4-20(5-7-23)21-14-22(17-31-16-21)24-18-33(26-3-1-2-25(29)27(24)26)13-12-32-10-8-19(15-30)9-11-32/h1-7,14,16-19H,8-13H2. The normalized spacial score (nSPS) is 15.1. The van der Waals surface area contributed by atoms with E-state index in [4.69, 9.17) is 28.5 Å². The van der Waals surface area contributed by atoms with Gasteiger partial charge < -0.3 is 9.47 Å². The second kappa shape index (κ2) is 9.57. The van der Waals surface area contributed by atoms with E-state index in [1.807, 2.05) is 48.8 Å². The van der Waals surface area contributed by atoms with Crippen LogP contribution in [0.15, 0.2) is 67.1 Å². The van der Waals surface area contributed by atoms with Crippen molar-refractivity contribution < 1.29 is 0 Å². The minimum atomic E-state index is 0.208. The highest BCUT2D eigenvalue weighted by molar-refractivity contribution is 6.36. The van der Waals surface area contributed by atoms with Gasteiger partial charge in [0.15, 0.2) is 0 Å². The van der Waals surface area contributed by atoms with Crippen LogP contribution in [0.1, 0.15) is 12.8 Å². The number of piperidine rings is 1. The maximum absolute atomic E-state index is 9.15. The predicted molar refractivity (Wildman–Crippen MR) is 135 cm³/mol. The molecule has 0 N–H and O–H groups in total. The van der Waals surface area contributed by atoms with Crippen molar-refractivity contribution in [3.05, 3.63) is 77.2 Å². The Bertz CT molecular complexity index is 1310. The van der Waals surface area contributed by atoms with Crippen molar-refractivity contribution in [2.75, 3.05) is 19.6 Å². The van der Waals surface area contributed by atoms with Crippen molar-refractivity contribution in [3.63, 3.8) is 0 Å². The molecule has 4 nitrogen and oxygen atoms in total. The molecule has 2 aromatic carbocycles. The third kappa shape index (κ3) is 4.63. The summed E-state index contributed by atoms with van der Waals surface area (Å²) in [7, 11) is 0.